The fourth-order valence-electron chi connectivity index (χ4n) is 3.26. The number of aromatic nitrogens is 3. The van der Waals surface area contributed by atoms with Crippen molar-refractivity contribution in [1.29, 1.82) is 0 Å². The summed E-state index contributed by atoms with van der Waals surface area (Å²) < 4.78 is 2.01. The maximum atomic E-state index is 6.40. The number of anilines is 1. The topological polar surface area (TPSA) is 59.5 Å². The van der Waals surface area contributed by atoms with E-state index in [1.807, 2.05) is 28.9 Å². The molecule has 0 bridgehead atoms. The molecule has 0 saturated carbocycles. The maximum Gasteiger partial charge on any atom is 0.180 e. The Labute approximate surface area is 156 Å². The van der Waals surface area contributed by atoms with Gasteiger partial charge in [-0.1, -0.05) is 35.3 Å². The summed E-state index contributed by atoms with van der Waals surface area (Å²) in [4.78, 5) is 11.5. The summed E-state index contributed by atoms with van der Waals surface area (Å²) in [5.41, 5.74) is 8.66. The van der Waals surface area contributed by atoms with Gasteiger partial charge in [-0.05, 0) is 25.8 Å². The van der Waals surface area contributed by atoms with Crippen molar-refractivity contribution in [2.24, 2.45) is 5.73 Å². The molecule has 1 fully saturated rings. The molecule has 3 aromatic rings. The van der Waals surface area contributed by atoms with Crippen molar-refractivity contribution in [3.63, 3.8) is 0 Å². The summed E-state index contributed by atoms with van der Waals surface area (Å²) in [6.07, 6.45) is 7.40. The molecule has 1 aliphatic rings. The summed E-state index contributed by atoms with van der Waals surface area (Å²) >= 11 is 12.6. The largest absolute Gasteiger partial charge is 0.353 e. The third kappa shape index (κ3) is 2.97. The van der Waals surface area contributed by atoms with Crippen LogP contribution in [0.3, 0.4) is 0 Å². The fraction of sp³-hybridized carbons (Fsp3) is 0.333. The minimum absolute atomic E-state index is 0.101. The van der Waals surface area contributed by atoms with Gasteiger partial charge in [0.05, 0.1) is 21.9 Å². The molecular weight excluding hydrogens is 357 g/mol. The van der Waals surface area contributed by atoms with Crippen molar-refractivity contribution in [2.75, 3.05) is 18.0 Å². The second-order valence-corrected chi connectivity index (χ2v) is 7.62. The second kappa shape index (κ2) is 6.16. The molecule has 130 valence electrons. The van der Waals surface area contributed by atoms with Gasteiger partial charge in [0.25, 0.3) is 0 Å². The summed E-state index contributed by atoms with van der Waals surface area (Å²) in [6.45, 7) is 3.85. The number of piperidine rings is 1. The molecule has 0 atom stereocenters. The molecule has 0 unspecified atom stereocenters. The Morgan fingerprint density at radius 1 is 1.16 bits per heavy atom. The van der Waals surface area contributed by atoms with E-state index in [0.29, 0.717) is 10.0 Å². The zero-order valence-corrected chi connectivity index (χ0v) is 15.4. The predicted molar refractivity (Wildman–Crippen MR) is 102 cm³/mol. The maximum absolute atomic E-state index is 6.40. The van der Waals surface area contributed by atoms with Crippen molar-refractivity contribution in [2.45, 2.75) is 25.3 Å². The van der Waals surface area contributed by atoms with Crippen LogP contribution in [0.2, 0.25) is 10.0 Å². The highest BCUT2D eigenvalue weighted by atomic mass is 35.5. The molecule has 0 spiro atoms. The Balaban J connectivity index is 1.79. The van der Waals surface area contributed by atoms with Gasteiger partial charge in [-0.2, -0.15) is 0 Å². The molecule has 2 aromatic heterocycles. The molecule has 25 heavy (non-hydrogen) atoms. The van der Waals surface area contributed by atoms with Gasteiger partial charge in [0.15, 0.2) is 11.5 Å². The van der Waals surface area contributed by atoms with E-state index in [0.717, 1.165) is 48.7 Å². The van der Waals surface area contributed by atoms with Crippen molar-refractivity contribution >= 4 is 34.7 Å². The average Bonchev–Trinajstić information content (AvgIpc) is 3.07. The Morgan fingerprint density at radius 2 is 1.92 bits per heavy atom. The number of nitrogens with two attached hydrogens (primary N) is 1. The first kappa shape index (κ1) is 16.6. The zero-order chi connectivity index (χ0) is 17.6. The molecule has 0 aliphatic carbocycles. The van der Waals surface area contributed by atoms with Crippen LogP contribution < -0.4 is 10.6 Å². The average molecular weight is 376 g/mol. The number of fused-ring (bicyclic) bond motifs is 1. The summed E-state index contributed by atoms with van der Waals surface area (Å²) in [5.74, 6) is 0.877. The van der Waals surface area contributed by atoms with E-state index in [9.17, 15) is 0 Å². The summed E-state index contributed by atoms with van der Waals surface area (Å²) in [5, 5.41) is 1.04. The molecule has 1 saturated heterocycles. The highest BCUT2D eigenvalue weighted by Gasteiger charge is 2.28. The number of hydrogen-bond acceptors (Lipinski definition) is 4. The van der Waals surface area contributed by atoms with Crippen LogP contribution >= 0.6 is 23.2 Å². The molecule has 0 radical (unpaired) electrons. The molecule has 1 aliphatic heterocycles. The van der Waals surface area contributed by atoms with Crippen LogP contribution in [0, 0.1) is 0 Å². The van der Waals surface area contributed by atoms with Gasteiger partial charge in [-0.15, -0.1) is 0 Å². The highest BCUT2D eigenvalue weighted by Crippen LogP contribution is 2.35. The predicted octanol–water partition coefficient (Wildman–Crippen LogP) is 4.02. The van der Waals surface area contributed by atoms with Gasteiger partial charge >= 0.3 is 0 Å². The molecule has 1 aromatic carbocycles. The summed E-state index contributed by atoms with van der Waals surface area (Å²) in [6, 6.07) is 5.59. The SMILES string of the molecule is CC1(N)CCN(c2ncc(-c3cccc(Cl)c3Cl)n3ccnc23)CC1. The number of benzene rings is 1. The van der Waals surface area contributed by atoms with Crippen LogP contribution in [0.15, 0.2) is 36.8 Å². The lowest BCUT2D eigenvalue weighted by molar-refractivity contribution is 0.363. The Morgan fingerprint density at radius 3 is 2.68 bits per heavy atom. The first-order chi connectivity index (χ1) is 12.0. The molecule has 3 heterocycles. The van der Waals surface area contributed by atoms with Crippen molar-refractivity contribution in [1.82, 2.24) is 14.4 Å². The van der Waals surface area contributed by atoms with Crippen LogP contribution in [0.5, 0.6) is 0 Å². The first-order valence-electron chi connectivity index (χ1n) is 8.26. The van der Waals surface area contributed by atoms with Crippen LogP contribution in [-0.2, 0) is 0 Å². The molecular formula is C18H19Cl2N5. The van der Waals surface area contributed by atoms with E-state index in [1.54, 1.807) is 12.3 Å². The number of hydrogen-bond donors (Lipinski definition) is 1. The van der Waals surface area contributed by atoms with E-state index in [-0.39, 0.29) is 5.54 Å². The lowest BCUT2D eigenvalue weighted by atomic mass is 9.91. The lowest BCUT2D eigenvalue weighted by Gasteiger charge is -2.37. The summed E-state index contributed by atoms with van der Waals surface area (Å²) in [7, 11) is 0. The quantitative estimate of drug-likeness (QED) is 0.734. The molecule has 5 nitrogen and oxygen atoms in total. The minimum Gasteiger partial charge on any atom is -0.353 e. The third-order valence-electron chi connectivity index (χ3n) is 4.84. The monoisotopic (exact) mass is 375 g/mol. The van der Waals surface area contributed by atoms with E-state index < -0.39 is 0 Å². The Kier molecular flexibility index (Phi) is 4.10. The van der Waals surface area contributed by atoms with Gasteiger partial charge in [-0.25, -0.2) is 9.97 Å². The Bertz CT molecular complexity index is 924. The molecule has 2 N–H and O–H groups in total. The normalized spacial score (nSPS) is 17.2. The Hall–Kier alpha value is -1.82. The van der Waals surface area contributed by atoms with Crippen molar-refractivity contribution in [3.05, 3.63) is 46.8 Å². The van der Waals surface area contributed by atoms with Crippen LogP contribution in [0.4, 0.5) is 5.82 Å². The number of halogens is 2. The van der Waals surface area contributed by atoms with Gasteiger partial charge in [0, 0.05) is 36.6 Å². The van der Waals surface area contributed by atoms with Gasteiger partial charge in [-0.3, -0.25) is 4.40 Å². The standard InChI is InChI=1S/C18H19Cl2N5/c1-18(21)5-8-24(9-6-18)16-17-22-7-10-25(17)14(11-23-16)12-3-2-4-13(19)15(12)20/h2-4,7,10-11H,5-6,8-9,21H2,1H3. The third-order valence-corrected chi connectivity index (χ3v) is 5.66. The molecule has 7 heteroatoms. The van der Waals surface area contributed by atoms with Crippen LogP contribution in [-0.4, -0.2) is 33.0 Å². The lowest BCUT2D eigenvalue weighted by Crippen LogP contribution is -2.48. The minimum atomic E-state index is -0.101. The number of imidazole rings is 1. The van der Waals surface area contributed by atoms with Crippen LogP contribution in [0.1, 0.15) is 19.8 Å². The molecule has 4 rings (SSSR count). The van der Waals surface area contributed by atoms with Crippen molar-refractivity contribution < 1.29 is 0 Å². The zero-order valence-electron chi connectivity index (χ0n) is 13.9. The number of rotatable bonds is 2. The smallest absolute Gasteiger partial charge is 0.180 e. The van der Waals surface area contributed by atoms with Gasteiger partial charge in [0.1, 0.15) is 0 Å². The van der Waals surface area contributed by atoms with E-state index in [4.69, 9.17) is 33.9 Å². The van der Waals surface area contributed by atoms with E-state index >= 15 is 0 Å². The molecule has 0 amide bonds. The van der Waals surface area contributed by atoms with Gasteiger partial charge < -0.3 is 10.6 Å². The second-order valence-electron chi connectivity index (χ2n) is 6.83. The van der Waals surface area contributed by atoms with E-state index in [2.05, 4.69) is 16.8 Å². The fourth-order valence-corrected chi connectivity index (χ4v) is 3.66. The highest BCUT2D eigenvalue weighted by molar-refractivity contribution is 6.43. The first-order valence-corrected chi connectivity index (χ1v) is 9.02. The number of nitrogens with zero attached hydrogens (tertiary/aromatic N) is 4. The van der Waals surface area contributed by atoms with Crippen molar-refractivity contribution in [3.8, 4) is 11.3 Å². The van der Waals surface area contributed by atoms with Gasteiger partial charge in [0.2, 0.25) is 0 Å². The van der Waals surface area contributed by atoms with Crippen LogP contribution in [0.25, 0.3) is 16.9 Å². The van der Waals surface area contributed by atoms with E-state index in [1.165, 1.54) is 0 Å².